The molecule has 0 saturated carbocycles. The molecule has 0 saturated heterocycles. The van der Waals surface area contributed by atoms with Crippen LogP contribution in [0.5, 0.6) is 0 Å². The van der Waals surface area contributed by atoms with Crippen molar-refractivity contribution in [1.82, 2.24) is 0 Å². The third kappa shape index (κ3) is 25.3. The van der Waals surface area contributed by atoms with Gasteiger partial charge in [0.2, 0.25) is 0 Å². The number of hydrogen-bond donors (Lipinski definition) is 3. The first-order valence-electron chi connectivity index (χ1n) is 8.93. The molecule has 0 unspecified atom stereocenters. The Hall–Kier alpha value is -0.700. The molecular formula is C16H30F5O5P. The van der Waals surface area contributed by atoms with E-state index in [-0.39, 0.29) is 6.61 Å². The Balaban J connectivity index is 0. The molecular weight excluding hydrogens is 398 g/mol. The summed E-state index contributed by atoms with van der Waals surface area (Å²) in [6.07, 6.45) is 6.54. The summed E-state index contributed by atoms with van der Waals surface area (Å²) in [7, 11) is -4.64. The summed E-state index contributed by atoms with van der Waals surface area (Å²) in [4.78, 5) is 21.6. The Labute approximate surface area is 156 Å². The fraction of sp³-hybridized carbons (Fsp3) is 0.875. The van der Waals surface area contributed by atoms with Crippen molar-refractivity contribution in [3.63, 3.8) is 0 Å². The molecule has 0 aromatic heterocycles. The van der Waals surface area contributed by atoms with Crippen molar-refractivity contribution in [3.05, 3.63) is 11.8 Å². The van der Waals surface area contributed by atoms with E-state index < -0.39 is 25.8 Å². The van der Waals surface area contributed by atoms with Crippen molar-refractivity contribution in [1.29, 1.82) is 0 Å². The molecule has 0 aliphatic carbocycles. The molecule has 5 nitrogen and oxygen atoms in total. The van der Waals surface area contributed by atoms with Crippen LogP contribution >= 0.6 is 7.82 Å². The molecule has 0 fully saturated rings. The van der Waals surface area contributed by atoms with Crippen LogP contribution in [0, 0.1) is 0 Å². The molecule has 0 spiro atoms. The highest BCUT2D eigenvalue weighted by molar-refractivity contribution is 7.45. The maximum absolute atomic E-state index is 12.7. The zero-order chi connectivity index (χ0) is 21.3. The molecule has 0 radical (unpaired) electrons. The van der Waals surface area contributed by atoms with E-state index in [9.17, 15) is 22.0 Å². The molecule has 0 bridgehead atoms. The van der Waals surface area contributed by atoms with E-state index >= 15 is 0 Å². The molecule has 0 rings (SSSR count). The molecule has 3 N–H and O–H groups in total. The predicted octanol–water partition coefficient (Wildman–Crippen LogP) is 6.06. The van der Waals surface area contributed by atoms with Gasteiger partial charge in [-0.25, -0.2) is 4.57 Å². The molecule has 0 aromatic carbocycles. The van der Waals surface area contributed by atoms with Crippen LogP contribution in [0.25, 0.3) is 0 Å². The summed E-state index contributed by atoms with van der Waals surface area (Å²) < 4.78 is 73.4. The van der Waals surface area contributed by atoms with Crippen LogP contribution in [0.1, 0.15) is 77.6 Å². The molecule has 0 aliphatic heterocycles. The second-order valence-corrected chi connectivity index (χ2v) is 7.01. The Morgan fingerprint density at radius 3 is 1.48 bits per heavy atom. The lowest BCUT2D eigenvalue weighted by Gasteiger charge is -2.07. The minimum absolute atomic E-state index is 0.230. The maximum Gasteiger partial charge on any atom is 0.466 e. The van der Waals surface area contributed by atoms with Crippen LogP contribution in [0.2, 0.25) is 0 Å². The molecule has 11 heteroatoms. The summed E-state index contributed by atoms with van der Waals surface area (Å²) in [6.45, 7) is 1.95. The number of halogens is 5. The predicted molar refractivity (Wildman–Crippen MR) is 92.0 cm³/mol. The third-order valence-corrected chi connectivity index (χ3v) is 3.40. The molecule has 0 heterocycles. The van der Waals surface area contributed by atoms with Gasteiger partial charge in [0.25, 0.3) is 5.83 Å². The van der Waals surface area contributed by atoms with E-state index in [1.54, 1.807) is 0 Å². The Morgan fingerprint density at radius 1 is 0.815 bits per heavy atom. The maximum atomic E-state index is 12.7. The summed E-state index contributed by atoms with van der Waals surface area (Å²) in [6, 6.07) is -2.17. The zero-order valence-electron chi connectivity index (χ0n) is 15.5. The number of hydrogen-bond acceptors (Lipinski definition) is 2. The van der Waals surface area contributed by atoms with Gasteiger partial charge in [0, 0.05) is 0 Å². The van der Waals surface area contributed by atoms with Crippen molar-refractivity contribution in [2.75, 3.05) is 6.61 Å². The third-order valence-electron chi connectivity index (χ3n) is 3.40. The number of unbranched alkanes of at least 4 members (excludes halogenated alkanes) is 10. The highest BCUT2D eigenvalue weighted by atomic mass is 31.2. The molecule has 27 heavy (non-hydrogen) atoms. The lowest BCUT2D eigenvalue weighted by atomic mass is 10.1. The molecule has 0 amide bonds. The van der Waals surface area contributed by atoms with Crippen LogP contribution in [0.15, 0.2) is 11.8 Å². The fourth-order valence-corrected chi connectivity index (χ4v) is 2.10. The van der Waals surface area contributed by atoms with Gasteiger partial charge < -0.3 is 19.4 Å². The van der Waals surface area contributed by atoms with Crippen molar-refractivity contribution in [2.45, 2.75) is 83.7 Å². The average Bonchev–Trinajstić information content (AvgIpc) is 2.52. The lowest BCUT2D eigenvalue weighted by molar-refractivity contribution is -0.116. The SMILES string of the molecule is CCCCCCCCCCCCCOC(F)=C(F)C(F)(F)F.O=P(O)(O)O. The first kappa shape index (κ1) is 28.5. The van der Waals surface area contributed by atoms with E-state index in [1.165, 1.54) is 38.5 Å². The minimum Gasteiger partial charge on any atom is -0.469 e. The number of allylic oxidation sites excluding steroid dienone is 1. The van der Waals surface area contributed by atoms with Gasteiger partial charge in [-0.15, -0.1) is 0 Å². The van der Waals surface area contributed by atoms with E-state index in [0.717, 1.165) is 25.7 Å². The Morgan fingerprint density at radius 2 is 1.15 bits per heavy atom. The standard InChI is InChI=1S/C16H27F5O.H3O4P/c1-2-3-4-5-6-7-8-9-10-11-12-13-22-15(18)14(17)16(19,20)21;1-5(2,3)4/h2-13H2,1H3;(H3,1,2,3,4). The van der Waals surface area contributed by atoms with Crippen LogP contribution < -0.4 is 0 Å². The number of alkyl halides is 3. The van der Waals surface area contributed by atoms with Gasteiger partial charge in [0.1, 0.15) is 0 Å². The minimum atomic E-state index is -5.32. The van der Waals surface area contributed by atoms with Gasteiger partial charge in [-0.3, -0.25) is 0 Å². The first-order chi connectivity index (χ1) is 12.4. The summed E-state index contributed by atoms with van der Waals surface area (Å²) in [5, 5.41) is 0. The summed E-state index contributed by atoms with van der Waals surface area (Å²) in [5.74, 6) is -2.80. The van der Waals surface area contributed by atoms with Gasteiger partial charge in [-0.05, 0) is 6.42 Å². The van der Waals surface area contributed by atoms with Crippen LogP contribution in [0.3, 0.4) is 0 Å². The largest absolute Gasteiger partial charge is 0.469 e. The van der Waals surface area contributed by atoms with Gasteiger partial charge in [-0.1, -0.05) is 71.1 Å². The van der Waals surface area contributed by atoms with Crippen LogP contribution in [-0.4, -0.2) is 27.5 Å². The zero-order valence-corrected chi connectivity index (χ0v) is 16.4. The normalized spacial score (nSPS) is 12.9. The molecule has 0 aliphatic rings. The van der Waals surface area contributed by atoms with Gasteiger partial charge in [0.15, 0.2) is 0 Å². The molecule has 164 valence electrons. The smallest absolute Gasteiger partial charge is 0.466 e. The quantitative estimate of drug-likeness (QED) is 0.144. The second-order valence-electron chi connectivity index (χ2n) is 5.98. The van der Waals surface area contributed by atoms with Crippen molar-refractivity contribution in [3.8, 4) is 0 Å². The molecule has 0 atom stereocenters. The highest BCUT2D eigenvalue weighted by Crippen LogP contribution is 2.30. The van der Waals surface area contributed by atoms with Crippen LogP contribution in [0.4, 0.5) is 22.0 Å². The van der Waals surface area contributed by atoms with Crippen molar-refractivity contribution < 1.29 is 45.9 Å². The lowest BCUT2D eigenvalue weighted by Crippen LogP contribution is -2.11. The number of phosphoric acid groups is 1. The number of ether oxygens (including phenoxy) is 1. The van der Waals surface area contributed by atoms with Gasteiger partial charge in [-0.2, -0.15) is 22.0 Å². The Kier molecular flexibility index (Phi) is 17.2. The van der Waals surface area contributed by atoms with Gasteiger partial charge >= 0.3 is 20.0 Å². The first-order valence-corrected chi connectivity index (χ1v) is 10.5. The van der Waals surface area contributed by atoms with Gasteiger partial charge in [0.05, 0.1) is 6.61 Å². The Bertz CT molecular complexity index is 429. The average molecular weight is 428 g/mol. The van der Waals surface area contributed by atoms with Crippen molar-refractivity contribution in [2.24, 2.45) is 0 Å². The second kappa shape index (κ2) is 16.3. The molecule has 0 aromatic rings. The fourth-order valence-electron chi connectivity index (χ4n) is 2.10. The van der Waals surface area contributed by atoms with E-state index in [0.29, 0.717) is 6.42 Å². The van der Waals surface area contributed by atoms with E-state index in [1.807, 2.05) is 0 Å². The number of rotatable bonds is 13. The van der Waals surface area contributed by atoms with E-state index in [2.05, 4.69) is 11.7 Å². The highest BCUT2D eigenvalue weighted by Gasteiger charge is 2.39. The van der Waals surface area contributed by atoms with E-state index in [4.69, 9.17) is 19.2 Å². The monoisotopic (exact) mass is 428 g/mol. The summed E-state index contributed by atoms with van der Waals surface area (Å²) in [5.41, 5.74) is 0. The topological polar surface area (TPSA) is 87.0 Å². The van der Waals surface area contributed by atoms with Crippen molar-refractivity contribution >= 4 is 7.82 Å². The van der Waals surface area contributed by atoms with Crippen LogP contribution in [-0.2, 0) is 9.30 Å². The summed E-state index contributed by atoms with van der Waals surface area (Å²) >= 11 is 0.